The molecule has 0 atom stereocenters. The molecule has 0 saturated heterocycles. The lowest BCUT2D eigenvalue weighted by Gasteiger charge is -2.31. The van der Waals surface area contributed by atoms with Crippen LogP contribution < -0.4 is 15.8 Å². The number of carbonyl (C=O) groups excluding carboxylic acids is 2. The Morgan fingerprint density at radius 2 is 1.96 bits per heavy atom. The number of rotatable bonds is 5. The predicted molar refractivity (Wildman–Crippen MR) is 89.3 cm³/mol. The number of nitrogens with one attached hydrogen (secondary N) is 1. The van der Waals surface area contributed by atoms with E-state index in [0.717, 1.165) is 19.3 Å². The van der Waals surface area contributed by atoms with Gasteiger partial charge in [0, 0.05) is 25.8 Å². The maximum Gasteiger partial charge on any atom is 0.259 e. The Morgan fingerprint density at radius 3 is 2.61 bits per heavy atom. The first kappa shape index (κ1) is 17.3. The maximum absolute atomic E-state index is 12.4. The second kappa shape index (κ2) is 7.46. The van der Waals surface area contributed by atoms with Gasteiger partial charge in [0.25, 0.3) is 5.91 Å². The van der Waals surface area contributed by atoms with E-state index in [1.807, 2.05) is 0 Å². The normalized spacial score (nSPS) is 16.5. The summed E-state index contributed by atoms with van der Waals surface area (Å²) in [7, 11) is 3.35. The van der Waals surface area contributed by atoms with Crippen LogP contribution in [0.2, 0.25) is 0 Å². The summed E-state index contributed by atoms with van der Waals surface area (Å²) in [6.45, 7) is -0.0365. The van der Waals surface area contributed by atoms with Gasteiger partial charge in [-0.05, 0) is 25.0 Å². The highest BCUT2D eigenvalue weighted by Crippen LogP contribution is 2.27. The molecule has 0 unspecified atom stereocenters. The number of nitrogens with zero attached hydrogens (tertiary/aromatic N) is 1. The molecule has 0 bridgehead atoms. The molecule has 23 heavy (non-hydrogen) atoms. The van der Waals surface area contributed by atoms with Gasteiger partial charge in [0.2, 0.25) is 5.91 Å². The number of amides is 2. The third-order valence-electron chi connectivity index (χ3n) is 4.15. The maximum atomic E-state index is 12.4. The van der Waals surface area contributed by atoms with E-state index in [0.29, 0.717) is 24.3 Å². The molecule has 1 saturated carbocycles. The molecule has 0 radical (unpaired) electrons. The number of anilines is 1. The van der Waals surface area contributed by atoms with Crippen molar-refractivity contribution in [3.05, 3.63) is 24.3 Å². The number of likely N-dealkylation sites (N-methyl/N-ethyl adjacent to an activating group) is 1. The summed E-state index contributed by atoms with van der Waals surface area (Å²) >= 11 is 0. The Morgan fingerprint density at radius 1 is 1.26 bits per heavy atom. The van der Waals surface area contributed by atoms with Gasteiger partial charge < -0.3 is 20.7 Å². The molecule has 1 fully saturated rings. The fourth-order valence-electron chi connectivity index (χ4n) is 2.60. The second-order valence-corrected chi connectivity index (χ2v) is 6.28. The predicted octanol–water partition coefficient (Wildman–Crippen LogP) is 1.75. The highest BCUT2D eigenvalue weighted by atomic mass is 16.5. The highest BCUT2D eigenvalue weighted by Gasteiger charge is 2.35. The Labute approximate surface area is 137 Å². The molecule has 3 N–H and O–H groups in total. The number of hydrogen-bond donors (Lipinski definition) is 2. The SMILES string of the molecule is CN(C)C(=O)COc1cccc(NC(=O)C2(N)CCCCC2)c1. The average molecular weight is 319 g/mol. The molecule has 6 nitrogen and oxygen atoms in total. The third kappa shape index (κ3) is 4.69. The van der Waals surface area contributed by atoms with Crippen LogP contribution in [0.5, 0.6) is 5.75 Å². The largest absolute Gasteiger partial charge is 0.484 e. The molecule has 2 amide bonds. The van der Waals surface area contributed by atoms with Crippen LogP contribution in [0.3, 0.4) is 0 Å². The lowest BCUT2D eigenvalue weighted by Crippen LogP contribution is -2.52. The van der Waals surface area contributed by atoms with Crippen LogP contribution in [0.15, 0.2) is 24.3 Å². The van der Waals surface area contributed by atoms with Crippen molar-refractivity contribution in [3.63, 3.8) is 0 Å². The standard InChI is InChI=1S/C17H25N3O3/c1-20(2)15(21)12-23-14-8-6-7-13(11-14)19-16(22)17(18)9-4-3-5-10-17/h6-8,11H,3-5,9-10,12,18H2,1-2H3,(H,19,22). The van der Waals surface area contributed by atoms with Crippen molar-refractivity contribution in [1.82, 2.24) is 4.90 Å². The van der Waals surface area contributed by atoms with Crippen LogP contribution in [-0.4, -0.2) is 43.0 Å². The Bertz CT molecular complexity index is 566. The zero-order valence-electron chi connectivity index (χ0n) is 13.8. The quantitative estimate of drug-likeness (QED) is 0.866. The summed E-state index contributed by atoms with van der Waals surface area (Å²) in [5.74, 6) is 0.258. The van der Waals surface area contributed by atoms with Gasteiger partial charge in [-0.15, -0.1) is 0 Å². The summed E-state index contributed by atoms with van der Waals surface area (Å²) in [6, 6.07) is 7.00. The van der Waals surface area contributed by atoms with E-state index in [9.17, 15) is 9.59 Å². The average Bonchev–Trinajstić information content (AvgIpc) is 2.53. The lowest BCUT2D eigenvalue weighted by molar-refractivity contribution is -0.130. The van der Waals surface area contributed by atoms with Gasteiger partial charge in [0.15, 0.2) is 6.61 Å². The minimum absolute atomic E-state index is 0.0365. The van der Waals surface area contributed by atoms with E-state index in [1.54, 1.807) is 38.4 Å². The molecule has 0 heterocycles. The van der Waals surface area contributed by atoms with E-state index >= 15 is 0 Å². The third-order valence-corrected chi connectivity index (χ3v) is 4.15. The van der Waals surface area contributed by atoms with Gasteiger partial charge in [-0.2, -0.15) is 0 Å². The topological polar surface area (TPSA) is 84.7 Å². The van der Waals surface area contributed by atoms with Gasteiger partial charge in [0.05, 0.1) is 5.54 Å². The van der Waals surface area contributed by atoms with Crippen molar-refractivity contribution >= 4 is 17.5 Å². The van der Waals surface area contributed by atoms with Crippen LogP contribution in [0.4, 0.5) is 5.69 Å². The van der Waals surface area contributed by atoms with E-state index in [-0.39, 0.29) is 18.4 Å². The minimum Gasteiger partial charge on any atom is -0.484 e. The van der Waals surface area contributed by atoms with Crippen molar-refractivity contribution in [2.75, 3.05) is 26.0 Å². The molecular weight excluding hydrogens is 294 g/mol. The first-order valence-corrected chi connectivity index (χ1v) is 7.94. The molecule has 1 aliphatic rings. The molecule has 0 spiro atoms. The monoisotopic (exact) mass is 319 g/mol. The van der Waals surface area contributed by atoms with Crippen molar-refractivity contribution in [1.29, 1.82) is 0 Å². The summed E-state index contributed by atoms with van der Waals surface area (Å²) in [5, 5.41) is 2.86. The molecule has 2 rings (SSSR count). The second-order valence-electron chi connectivity index (χ2n) is 6.28. The minimum atomic E-state index is -0.782. The fourth-order valence-corrected chi connectivity index (χ4v) is 2.60. The van der Waals surface area contributed by atoms with Crippen LogP contribution in [0.1, 0.15) is 32.1 Å². The summed E-state index contributed by atoms with van der Waals surface area (Å²) < 4.78 is 5.45. The van der Waals surface area contributed by atoms with Gasteiger partial charge in [-0.1, -0.05) is 25.3 Å². The molecule has 1 aromatic rings. The molecule has 0 aliphatic heterocycles. The summed E-state index contributed by atoms with van der Waals surface area (Å²) in [6.07, 6.45) is 4.54. The molecule has 0 aromatic heterocycles. The smallest absolute Gasteiger partial charge is 0.259 e. The highest BCUT2D eigenvalue weighted by molar-refractivity contribution is 5.98. The fraction of sp³-hybridized carbons (Fsp3) is 0.529. The number of ether oxygens (including phenoxy) is 1. The van der Waals surface area contributed by atoms with Gasteiger partial charge in [-0.25, -0.2) is 0 Å². The molecule has 6 heteroatoms. The first-order chi connectivity index (χ1) is 10.9. The van der Waals surface area contributed by atoms with Crippen LogP contribution in [0.25, 0.3) is 0 Å². The van der Waals surface area contributed by atoms with E-state index in [4.69, 9.17) is 10.5 Å². The van der Waals surface area contributed by atoms with Crippen molar-refractivity contribution < 1.29 is 14.3 Å². The van der Waals surface area contributed by atoms with Crippen LogP contribution >= 0.6 is 0 Å². The molecule has 1 aliphatic carbocycles. The summed E-state index contributed by atoms with van der Waals surface area (Å²) in [4.78, 5) is 25.4. The Kier molecular flexibility index (Phi) is 5.60. The number of nitrogens with two attached hydrogens (primary N) is 1. The lowest BCUT2D eigenvalue weighted by atomic mass is 9.82. The van der Waals surface area contributed by atoms with Crippen LogP contribution in [0, 0.1) is 0 Å². The first-order valence-electron chi connectivity index (χ1n) is 7.94. The van der Waals surface area contributed by atoms with E-state index in [2.05, 4.69) is 5.32 Å². The van der Waals surface area contributed by atoms with Gasteiger partial charge in [-0.3, -0.25) is 9.59 Å². The van der Waals surface area contributed by atoms with Gasteiger partial charge in [0.1, 0.15) is 5.75 Å². The molecule has 126 valence electrons. The summed E-state index contributed by atoms with van der Waals surface area (Å²) in [5.41, 5.74) is 6.07. The zero-order valence-corrected chi connectivity index (χ0v) is 13.8. The number of hydrogen-bond acceptors (Lipinski definition) is 4. The number of benzene rings is 1. The van der Waals surface area contributed by atoms with Crippen LogP contribution in [-0.2, 0) is 9.59 Å². The van der Waals surface area contributed by atoms with E-state index in [1.165, 1.54) is 4.90 Å². The Hall–Kier alpha value is -2.08. The van der Waals surface area contributed by atoms with E-state index < -0.39 is 5.54 Å². The van der Waals surface area contributed by atoms with Crippen molar-refractivity contribution in [2.24, 2.45) is 5.73 Å². The van der Waals surface area contributed by atoms with Crippen molar-refractivity contribution in [2.45, 2.75) is 37.6 Å². The van der Waals surface area contributed by atoms with Gasteiger partial charge >= 0.3 is 0 Å². The Balaban J connectivity index is 1.96. The zero-order chi connectivity index (χ0) is 16.9. The molecule has 1 aromatic carbocycles. The van der Waals surface area contributed by atoms with Crippen molar-refractivity contribution in [3.8, 4) is 5.75 Å². The number of carbonyl (C=O) groups is 2. The molecular formula is C17H25N3O3.